The molecule has 3 heteroatoms. The Balaban J connectivity index is 1.91. The number of halogens is 1. The highest BCUT2D eigenvalue weighted by Crippen LogP contribution is 2.10. The largest absolute Gasteiger partial charge is 0.377 e. The Morgan fingerprint density at radius 2 is 1.65 bits per heavy atom. The van der Waals surface area contributed by atoms with Crippen molar-refractivity contribution in [3.05, 3.63) is 34.9 Å². The van der Waals surface area contributed by atoms with Crippen molar-refractivity contribution in [3.63, 3.8) is 0 Å². The Morgan fingerprint density at radius 3 is 2.30 bits per heavy atom. The summed E-state index contributed by atoms with van der Waals surface area (Å²) in [5, 5.41) is 4.28. The Hall–Kier alpha value is -0.570. The number of nitrogens with one attached hydrogen (secondary N) is 1. The van der Waals surface area contributed by atoms with Gasteiger partial charge in [0, 0.05) is 17.2 Å². The monoisotopic (exact) mass is 297 g/mol. The standard InChI is InChI=1S/C17H28ClNO/c1-17(2,3)19-12-6-4-5-7-13-20-14-15-8-10-16(18)11-9-15/h8-11,19H,4-7,12-14H2,1-3H3. The molecular formula is C17H28ClNO. The Morgan fingerprint density at radius 1 is 1.00 bits per heavy atom. The molecule has 0 bridgehead atoms. The summed E-state index contributed by atoms with van der Waals surface area (Å²) in [4.78, 5) is 0. The van der Waals surface area contributed by atoms with Crippen molar-refractivity contribution in [1.82, 2.24) is 5.32 Å². The highest BCUT2D eigenvalue weighted by Gasteiger charge is 2.06. The van der Waals surface area contributed by atoms with Crippen LogP contribution in [-0.4, -0.2) is 18.7 Å². The molecule has 1 aromatic carbocycles. The van der Waals surface area contributed by atoms with E-state index in [1.807, 2.05) is 24.3 Å². The zero-order chi connectivity index (χ0) is 14.8. The van der Waals surface area contributed by atoms with Crippen LogP contribution in [0.25, 0.3) is 0 Å². The van der Waals surface area contributed by atoms with Gasteiger partial charge in [0.15, 0.2) is 0 Å². The molecule has 1 aromatic rings. The maximum atomic E-state index is 5.84. The summed E-state index contributed by atoms with van der Waals surface area (Å²) in [5.74, 6) is 0. The fourth-order valence-electron chi connectivity index (χ4n) is 1.92. The van der Waals surface area contributed by atoms with Crippen molar-refractivity contribution >= 4 is 11.6 Å². The van der Waals surface area contributed by atoms with Crippen molar-refractivity contribution in [2.24, 2.45) is 0 Å². The summed E-state index contributed by atoms with van der Waals surface area (Å²) in [5.41, 5.74) is 1.42. The van der Waals surface area contributed by atoms with Crippen LogP contribution in [0.4, 0.5) is 0 Å². The summed E-state index contributed by atoms with van der Waals surface area (Å²) >= 11 is 5.84. The number of unbranched alkanes of at least 4 members (excludes halogenated alkanes) is 3. The van der Waals surface area contributed by atoms with Gasteiger partial charge in [-0.05, 0) is 57.9 Å². The van der Waals surface area contributed by atoms with E-state index in [2.05, 4.69) is 26.1 Å². The average molecular weight is 298 g/mol. The van der Waals surface area contributed by atoms with Crippen molar-refractivity contribution in [2.75, 3.05) is 13.2 Å². The Kier molecular flexibility index (Phi) is 8.20. The van der Waals surface area contributed by atoms with Crippen LogP contribution in [-0.2, 0) is 11.3 Å². The van der Waals surface area contributed by atoms with Gasteiger partial charge < -0.3 is 10.1 Å². The van der Waals surface area contributed by atoms with Gasteiger partial charge in [0.1, 0.15) is 0 Å². The lowest BCUT2D eigenvalue weighted by atomic mass is 10.1. The first-order valence-corrected chi connectivity index (χ1v) is 7.92. The third-order valence-corrected chi connectivity index (χ3v) is 3.30. The lowest BCUT2D eigenvalue weighted by Gasteiger charge is -2.20. The second kappa shape index (κ2) is 9.38. The summed E-state index contributed by atoms with van der Waals surface area (Å²) in [6.07, 6.45) is 4.90. The van der Waals surface area contributed by atoms with E-state index in [9.17, 15) is 0 Å². The van der Waals surface area contributed by atoms with E-state index in [-0.39, 0.29) is 5.54 Å². The molecule has 0 radical (unpaired) electrons. The maximum Gasteiger partial charge on any atom is 0.0716 e. The molecule has 0 aromatic heterocycles. The molecule has 0 fully saturated rings. The Labute approximate surface area is 128 Å². The fourth-order valence-corrected chi connectivity index (χ4v) is 2.04. The zero-order valence-electron chi connectivity index (χ0n) is 13.0. The third kappa shape index (κ3) is 9.35. The van der Waals surface area contributed by atoms with Gasteiger partial charge in [-0.2, -0.15) is 0 Å². The van der Waals surface area contributed by atoms with Crippen LogP contribution in [0.2, 0.25) is 5.02 Å². The van der Waals surface area contributed by atoms with Gasteiger partial charge in [0.2, 0.25) is 0 Å². The molecule has 20 heavy (non-hydrogen) atoms. The van der Waals surface area contributed by atoms with Crippen LogP contribution in [0.15, 0.2) is 24.3 Å². The van der Waals surface area contributed by atoms with Crippen LogP contribution in [0.1, 0.15) is 52.0 Å². The summed E-state index contributed by atoms with van der Waals surface area (Å²) in [7, 11) is 0. The first-order chi connectivity index (χ1) is 9.47. The van der Waals surface area contributed by atoms with E-state index in [0.29, 0.717) is 6.61 Å². The zero-order valence-corrected chi connectivity index (χ0v) is 13.8. The molecular weight excluding hydrogens is 270 g/mol. The molecule has 1 N–H and O–H groups in total. The number of ether oxygens (including phenoxy) is 1. The quantitative estimate of drug-likeness (QED) is 0.661. The molecule has 114 valence electrons. The van der Waals surface area contributed by atoms with Gasteiger partial charge in [-0.15, -0.1) is 0 Å². The molecule has 0 aliphatic rings. The normalized spacial score (nSPS) is 11.8. The summed E-state index contributed by atoms with van der Waals surface area (Å²) < 4.78 is 5.66. The van der Waals surface area contributed by atoms with E-state index in [0.717, 1.165) is 24.6 Å². The first-order valence-electron chi connectivity index (χ1n) is 7.54. The average Bonchev–Trinajstić information content (AvgIpc) is 2.37. The fraction of sp³-hybridized carbons (Fsp3) is 0.647. The molecule has 0 saturated heterocycles. The second-order valence-electron chi connectivity index (χ2n) is 6.27. The molecule has 0 atom stereocenters. The lowest BCUT2D eigenvalue weighted by Crippen LogP contribution is -2.36. The van der Waals surface area contributed by atoms with E-state index >= 15 is 0 Å². The van der Waals surface area contributed by atoms with Gasteiger partial charge in [0.25, 0.3) is 0 Å². The molecule has 1 rings (SSSR count). The molecule has 0 unspecified atom stereocenters. The molecule has 0 spiro atoms. The van der Waals surface area contributed by atoms with E-state index in [4.69, 9.17) is 16.3 Å². The third-order valence-electron chi connectivity index (χ3n) is 3.05. The van der Waals surface area contributed by atoms with Crippen LogP contribution >= 0.6 is 11.6 Å². The van der Waals surface area contributed by atoms with Gasteiger partial charge in [-0.25, -0.2) is 0 Å². The number of hydrogen-bond acceptors (Lipinski definition) is 2. The minimum Gasteiger partial charge on any atom is -0.377 e. The van der Waals surface area contributed by atoms with Crippen LogP contribution in [0, 0.1) is 0 Å². The van der Waals surface area contributed by atoms with Crippen LogP contribution < -0.4 is 5.32 Å². The van der Waals surface area contributed by atoms with Gasteiger partial charge >= 0.3 is 0 Å². The number of hydrogen-bond donors (Lipinski definition) is 1. The second-order valence-corrected chi connectivity index (χ2v) is 6.71. The van der Waals surface area contributed by atoms with Gasteiger partial charge in [-0.1, -0.05) is 36.6 Å². The maximum absolute atomic E-state index is 5.84. The highest BCUT2D eigenvalue weighted by atomic mass is 35.5. The molecule has 0 saturated carbocycles. The predicted molar refractivity (Wildman–Crippen MR) is 87.3 cm³/mol. The molecule has 2 nitrogen and oxygen atoms in total. The van der Waals surface area contributed by atoms with Crippen LogP contribution in [0.3, 0.4) is 0 Å². The van der Waals surface area contributed by atoms with E-state index in [1.165, 1.54) is 24.8 Å². The SMILES string of the molecule is CC(C)(C)NCCCCCCOCc1ccc(Cl)cc1. The van der Waals surface area contributed by atoms with Gasteiger partial charge in [0.05, 0.1) is 6.61 Å². The Bertz CT molecular complexity index is 356. The van der Waals surface area contributed by atoms with Crippen molar-refractivity contribution in [3.8, 4) is 0 Å². The predicted octanol–water partition coefficient (Wildman–Crippen LogP) is 4.81. The van der Waals surface area contributed by atoms with Crippen molar-refractivity contribution < 1.29 is 4.74 Å². The highest BCUT2D eigenvalue weighted by molar-refractivity contribution is 6.30. The number of rotatable bonds is 9. The number of benzene rings is 1. The minimum absolute atomic E-state index is 0.238. The van der Waals surface area contributed by atoms with E-state index < -0.39 is 0 Å². The topological polar surface area (TPSA) is 21.3 Å². The minimum atomic E-state index is 0.238. The smallest absolute Gasteiger partial charge is 0.0716 e. The summed E-state index contributed by atoms with van der Waals surface area (Å²) in [6, 6.07) is 7.84. The first kappa shape index (κ1) is 17.5. The molecule has 0 amide bonds. The van der Waals surface area contributed by atoms with Crippen molar-refractivity contribution in [1.29, 1.82) is 0 Å². The van der Waals surface area contributed by atoms with E-state index in [1.54, 1.807) is 0 Å². The molecule has 0 heterocycles. The lowest BCUT2D eigenvalue weighted by molar-refractivity contribution is 0.116. The van der Waals surface area contributed by atoms with Crippen molar-refractivity contribution in [2.45, 2.75) is 58.6 Å². The molecule has 0 aliphatic carbocycles. The molecule has 0 aliphatic heterocycles. The summed E-state index contributed by atoms with van der Waals surface area (Å²) in [6.45, 7) is 9.25. The van der Waals surface area contributed by atoms with Crippen LogP contribution in [0.5, 0.6) is 0 Å². The van der Waals surface area contributed by atoms with Gasteiger partial charge in [-0.3, -0.25) is 0 Å².